The molecule has 0 aliphatic heterocycles. The average Bonchev–Trinajstić information content (AvgIpc) is 2.86. The van der Waals surface area contributed by atoms with E-state index in [9.17, 15) is 12.8 Å². The van der Waals surface area contributed by atoms with Gasteiger partial charge in [0.05, 0.1) is 23.3 Å². The average molecular weight is 318 g/mol. The Morgan fingerprint density at radius 3 is 2.75 bits per heavy atom. The molecule has 1 aromatic carbocycles. The van der Waals surface area contributed by atoms with Gasteiger partial charge in [-0.3, -0.25) is 0 Å². The maximum absolute atomic E-state index is 13.0. The highest BCUT2D eigenvalue weighted by molar-refractivity contribution is 7.88. The molecule has 0 aliphatic carbocycles. The molecule has 0 radical (unpaired) electrons. The predicted octanol–water partition coefficient (Wildman–Crippen LogP) is 3.25. The van der Waals surface area contributed by atoms with Gasteiger partial charge in [-0.2, -0.15) is 0 Å². The van der Waals surface area contributed by atoms with Gasteiger partial charge in [0.25, 0.3) is 0 Å². The number of hydrogen-bond donors (Lipinski definition) is 1. The quantitative estimate of drug-likeness (QED) is 0.921. The second-order valence-electron chi connectivity index (χ2n) is 4.40. The lowest BCUT2D eigenvalue weighted by Gasteiger charge is -2.12. The van der Waals surface area contributed by atoms with Crippen LogP contribution in [0.4, 0.5) is 4.39 Å². The van der Waals surface area contributed by atoms with E-state index in [4.69, 9.17) is 16.0 Å². The zero-order chi connectivity index (χ0) is 14.8. The number of sulfonamides is 1. The van der Waals surface area contributed by atoms with Crippen molar-refractivity contribution in [3.8, 4) is 0 Å². The highest BCUT2D eigenvalue weighted by Crippen LogP contribution is 2.19. The minimum atomic E-state index is -3.56. The third-order valence-corrected chi connectivity index (χ3v) is 4.46. The first-order chi connectivity index (χ1) is 9.37. The van der Waals surface area contributed by atoms with E-state index in [0.717, 1.165) is 11.6 Å². The Balaban J connectivity index is 2.09. The van der Waals surface area contributed by atoms with E-state index in [2.05, 4.69) is 4.72 Å². The Morgan fingerprint density at radius 1 is 1.40 bits per heavy atom. The molecule has 2 aromatic rings. The molecule has 0 saturated heterocycles. The topological polar surface area (TPSA) is 59.3 Å². The van der Waals surface area contributed by atoms with Crippen LogP contribution < -0.4 is 4.72 Å². The lowest BCUT2D eigenvalue weighted by Crippen LogP contribution is -2.27. The zero-order valence-electron chi connectivity index (χ0n) is 10.6. The molecule has 0 saturated carbocycles. The summed E-state index contributed by atoms with van der Waals surface area (Å²) in [7, 11) is -3.56. The van der Waals surface area contributed by atoms with E-state index in [1.807, 2.05) is 0 Å². The Bertz CT molecular complexity index is 686. The molecule has 4 nitrogen and oxygen atoms in total. The number of hydrogen-bond acceptors (Lipinski definition) is 3. The highest BCUT2D eigenvalue weighted by Gasteiger charge is 2.17. The van der Waals surface area contributed by atoms with E-state index in [0.29, 0.717) is 5.56 Å². The van der Waals surface area contributed by atoms with Gasteiger partial charge in [0.2, 0.25) is 10.0 Å². The zero-order valence-corrected chi connectivity index (χ0v) is 12.2. The summed E-state index contributed by atoms with van der Waals surface area (Å²) in [5.74, 6) is -0.845. The summed E-state index contributed by atoms with van der Waals surface area (Å²) in [6, 6.07) is 5.12. The fourth-order valence-electron chi connectivity index (χ4n) is 1.75. The third kappa shape index (κ3) is 3.82. The van der Waals surface area contributed by atoms with Crippen molar-refractivity contribution in [3.63, 3.8) is 0 Å². The van der Waals surface area contributed by atoms with E-state index < -0.39 is 21.9 Å². The molecular formula is C13H13ClFNO3S. The number of furan rings is 1. The summed E-state index contributed by atoms with van der Waals surface area (Å²) < 4.78 is 44.5. The standard InChI is InChI=1S/C13H13ClFNO3S/c1-9(11-4-5-19-7-11)16-20(17,18)8-10-2-3-13(15)12(14)6-10/h2-7,9,16H,8H2,1H3/t9-/m0/s1. The van der Waals surface area contributed by atoms with E-state index >= 15 is 0 Å². The van der Waals surface area contributed by atoms with Crippen LogP contribution in [0.25, 0.3) is 0 Å². The summed E-state index contributed by atoms with van der Waals surface area (Å²) in [6.45, 7) is 1.71. The van der Waals surface area contributed by atoms with E-state index in [1.165, 1.54) is 24.7 Å². The summed E-state index contributed by atoms with van der Waals surface area (Å²) >= 11 is 5.63. The van der Waals surface area contributed by atoms with Gasteiger partial charge in [0, 0.05) is 11.6 Å². The van der Waals surface area contributed by atoms with Crippen molar-refractivity contribution in [1.82, 2.24) is 4.72 Å². The number of rotatable bonds is 5. The fourth-order valence-corrected chi connectivity index (χ4v) is 3.33. The first-order valence-electron chi connectivity index (χ1n) is 5.83. The summed E-state index contributed by atoms with van der Waals surface area (Å²) in [4.78, 5) is 0. The van der Waals surface area contributed by atoms with Gasteiger partial charge in [0.1, 0.15) is 5.82 Å². The van der Waals surface area contributed by atoms with Crippen molar-refractivity contribution in [2.24, 2.45) is 0 Å². The van der Waals surface area contributed by atoms with Gasteiger partial charge in [-0.25, -0.2) is 17.5 Å². The maximum atomic E-state index is 13.0. The van der Waals surface area contributed by atoms with Crippen LogP contribution in [-0.2, 0) is 15.8 Å². The fraction of sp³-hybridized carbons (Fsp3) is 0.231. The van der Waals surface area contributed by atoms with Crippen molar-refractivity contribution < 1.29 is 17.2 Å². The Hall–Kier alpha value is -1.37. The highest BCUT2D eigenvalue weighted by atomic mass is 35.5. The van der Waals surface area contributed by atoms with Gasteiger partial charge in [-0.15, -0.1) is 0 Å². The second-order valence-corrected chi connectivity index (χ2v) is 6.56. The van der Waals surface area contributed by atoms with Crippen LogP contribution in [0.1, 0.15) is 24.1 Å². The van der Waals surface area contributed by atoms with Crippen LogP contribution in [0.5, 0.6) is 0 Å². The van der Waals surface area contributed by atoms with E-state index in [1.54, 1.807) is 13.0 Å². The molecular weight excluding hydrogens is 305 g/mol. The molecule has 0 unspecified atom stereocenters. The Morgan fingerprint density at radius 2 is 2.15 bits per heavy atom. The van der Waals surface area contributed by atoms with Crippen LogP contribution in [0, 0.1) is 5.82 Å². The monoisotopic (exact) mass is 317 g/mol. The van der Waals surface area contributed by atoms with Crippen LogP contribution >= 0.6 is 11.6 Å². The predicted molar refractivity (Wildman–Crippen MR) is 74.3 cm³/mol. The molecule has 1 N–H and O–H groups in total. The van der Waals surface area contributed by atoms with Gasteiger partial charge in [-0.05, 0) is 30.7 Å². The molecule has 20 heavy (non-hydrogen) atoms. The second kappa shape index (κ2) is 5.95. The van der Waals surface area contributed by atoms with E-state index in [-0.39, 0.29) is 10.8 Å². The first-order valence-corrected chi connectivity index (χ1v) is 7.86. The van der Waals surface area contributed by atoms with Crippen molar-refractivity contribution in [2.75, 3.05) is 0 Å². The smallest absolute Gasteiger partial charge is 0.216 e. The number of nitrogens with one attached hydrogen (secondary N) is 1. The molecule has 7 heteroatoms. The molecule has 0 bridgehead atoms. The summed E-state index contributed by atoms with van der Waals surface area (Å²) in [5, 5.41) is -0.0967. The van der Waals surface area contributed by atoms with Crippen molar-refractivity contribution >= 4 is 21.6 Å². The molecule has 1 aromatic heterocycles. The molecule has 0 aliphatic rings. The number of halogens is 2. The normalized spacial score (nSPS) is 13.3. The minimum absolute atomic E-state index is 0.0967. The van der Waals surface area contributed by atoms with Crippen molar-refractivity contribution in [3.05, 3.63) is 58.8 Å². The minimum Gasteiger partial charge on any atom is -0.472 e. The Kier molecular flexibility index (Phi) is 4.47. The van der Waals surface area contributed by atoms with Crippen LogP contribution in [0.3, 0.4) is 0 Å². The van der Waals surface area contributed by atoms with Gasteiger partial charge in [0.15, 0.2) is 0 Å². The van der Waals surface area contributed by atoms with Crippen LogP contribution in [0.2, 0.25) is 5.02 Å². The lowest BCUT2D eigenvalue weighted by atomic mass is 10.2. The lowest BCUT2D eigenvalue weighted by molar-refractivity contribution is 0.549. The van der Waals surface area contributed by atoms with Gasteiger partial charge in [-0.1, -0.05) is 17.7 Å². The summed E-state index contributed by atoms with van der Waals surface area (Å²) in [5.41, 5.74) is 1.15. The number of benzene rings is 1. The van der Waals surface area contributed by atoms with Gasteiger partial charge < -0.3 is 4.42 Å². The SMILES string of the molecule is C[C@H](NS(=O)(=O)Cc1ccc(F)c(Cl)c1)c1ccoc1. The molecule has 0 spiro atoms. The largest absolute Gasteiger partial charge is 0.472 e. The molecule has 108 valence electrons. The molecule has 0 amide bonds. The molecule has 1 atom stereocenters. The van der Waals surface area contributed by atoms with Crippen LogP contribution in [-0.4, -0.2) is 8.42 Å². The molecule has 1 heterocycles. The summed E-state index contributed by atoms with van der Waals surface area (Å²) in [6.07, 6.45) is 2.95. The maximum Gasteiger partial charge on any atom is 0.216 e. The van der Waals surface area contributed by atoms with Crippen molar-refractivity contribution in [2.45, 2.75) is 18.7 Å². The third-order valence-electron chi connectivity index (χ3n) is 2.74. The molecule has 0 fully saturated rings. The van der Waals surface area contributed by atoms with Crippen molar-refractivity contribution in [1.29, 1.82) is 0 Å². The Labute approximate surface area is 121 Å². The van der Waals surface area contributed by atoms with Crippen LogP contribution in [0.15, 0.2) is 41.2 Å². The van der Waals surface area contributed by atoms with Gasteiger partial charge >= 0.3 is 0 Å². The molecule has 2 rings (SSSR count). The first kappa shape index (κ1) is 15.0.